The number of allylic oxidation sites excluding steroid dienone is 1. The molecule has 0 bridgehead atoms. The van der Waals surface area contributed by atoms with E-state index in [0.717, 1.165) is 12.8 Å². The third kappa shape index (κ3) is 29.9. The summed E-state index contributed by atoms with van der Waals surface area (Å²) in [6.07, 6.45) is 29.4. The van der Waals surface area contributed by atoms with Crippen LogP contribution in [0.25, 0.3) is 0 Å². The normalized spacial score (nSPS) is 11.7. The summed E-state index contributed by atoms with van der Waals surface area (Å²) in [5.74, 6) is -2.95. The standard InChI is InChI=1S/C28H52O4.2Li/c1-2-3-4-5-6-7-8-9-10-11-12-13-14-15-16-17-18-19-20-21-23-26(28(31)32)24-22-25-27(29)30;;/h21,23,26H,2-20,22,24-25H2,1H3,(H,29,30)(H,31,32);;/q;2*+1/p-2/b23-21+;;. The second kappa shape index (κ2) is 30.9. The third-order valence-corrected chi connectivity index (χ3v) is 6.29. The van der Waals surface area contributed by atoms with Crippen molar-refractivity contribution in [2.75, 3.05) is 0 Å². The van der Waals surface area contributed by atoms with Gasteiger partial charge in [0.2, 0.25) is 0 Å². The van der Waals surface area contributed by atoms with E-state index in [4.69, 9.17) is 0 Å². The molecule has 0 aliphatic rings. The molecule has 0 N–H and O–H groups in total. The summed E-state index contributed by atoms with van der Waals surface area (Å²) in [4.78, 5) is 21.5. The topological polar surface area (TPSA) is 80.3 Å². The molecule has 0 saturated carbocycles. The number of carboxylic acids is 2. The number of carboxylic acid groups (broad SMARTS) is 2. The number of rotatable bonds is 25. The smallest absolute Gasteiger partial charge is 0.550 e. The van der Waals surface area contributed by atoms with Gasteiger partial charge in [0.05, 0.1) is 0 Å². The van der Waals surface area contributed by atoms with E-state index in [1.807, 2.05) is 6.08 Å². The minimum absolute atomic E-state index is 0. The molecular weight excluding hydrogens is 414 g/mol. The van der Waals surface area contributed by atoms with Crippen molar-refractivity contribution in [1.29, 1.82) is 0 Å². The van der Waals surface area contributed by atoms with Crippen LogP contribution < -0.4 is 47.9 Å². The van der Waals surface area contributed by atoms with Crippen molar-refractivity contribution in [3.63, 3.8) is 0 Å². The average Bonchev–Trinajstić information content (AvgIpc) is 2.76. The van der Waals surface area contributed by atoms with Gasteiger partial charge in [-0.2, -0.15) is 0 Å². The first-order chi connectivity index (χ1) is 15.6. The van der Waals surface area contributed by atoms with Gasteiger partial charge in [0, 0.05) is 17.9 Å². The van der Waals surface area contributed by atoms with Gasteiger partial charge in [-0.3, -0.25) is 0 Å². The molecule has 1 unspecified atom stereocenters. The number of carbonyl (C=O) groups excluding carboxylic acids is 2. The van der Waals surface area contributed by atoms with Crippen LogP contribution in [0.5, 0.6) is 0 Å². The van der Waals surface area contributed by atoms with E-state index in [-0.39, 0.29) is 44.1 Å². The van der Waals surface area contributed by atoms with Crippen LogP contribution in [-0.2, 0) is 9.59 Å². The van der Waals surface area contributed by atoms with Crippen molar-refractivity contribution in [2.45, 2.75) is 148 Å². The Balaban J connectivity index is -0.00000480. The summed E-state index contributed by atoms with van der Waals surface area (Å²) in [7, 11) is 0. The van der Waals surface area contributed by atoms with Gasteiger partial charge in [0.1, 0.15) is 0 Å². The van der Waals surface area contributed by atoms with Crippen molar-refractivity contribution in [2.24, 2.45) is 5.92 Å². The summed E-state index contributed by atoms with van der Waals surface area (Å²) in [6, 6.07) is 0. The minimum atomic E-state index is -1.13. The summed E-state index contributed by atoms with van der Waals surface area (Å²) in [5.41, 5.74) is 0. The zero-order valence-corrected chi connectivity index (χ0v) is 22.9. The van der Waals surface area contributed by atoms with Gasteiger partial charge in [-0.05, 0) is 32.1 Å². The molecule has 0 spiro atoms. The van der Waals surface area contributed by atoms with E-state index in [2.05, 4.69) is 6.92 Å². The Kier molecular flexibility index (Phi) is 34.9. The molecule has 0 rings (SSSR count). The van der Waals surface area contributed by atoms with Gasteiger partial charge >= 0.3 is 37.7 Å². The first kappa shape index (κ1) is 38.4. The largest absolute Gasteiger partial charge is 1.00 e. The van der Waals surface area contributed by atoms with Crippen molar-refractivity contribution in [3.05, 3.63) is 12.2 Å². The van der Waals surface area contributed by atoms with Crippen LogP contribution >= 0.6 is 0 Å². The number of unbranched alkanes of at least 4 members (excludes halogenated alkanes) is 18. The molecular formula is C28H50Li2O4. The molecule has 0 heterocycles. The number of hydrogen-bond acceptors (Lipinski definition) is 4. The maximum atomic E-state index is 11.1. The molecule has 0 aliphatic heterocycles. The van der Waals surface area contributed by atoms with Gasteiger partial charge in [0.25, 0.3) is 0 Å². The van der Waals surface area contributed by atoms with Crippen LogP contribution in [0.15, 0.2) is 12.2 Å². The summed E-state index contributed by atoms with van der Waals surface area (Å²) in [6.45, 7) is 2.27. The molecule has 6 heteroatoms. The van der Waals surface area contributed by atoms with E-state index in [9.17, 15) is 19.8 Å². The second-order valence-electron chi connectivity index (χ2n) is 9.42. The Morgan fingerprint density at radius 1 is 0.618 bits per heavy atom. The van der Waals surface area contributed by atoms with Crippen molar-refractivity contribution < 1.29 is 57.5 Å². The third-order valence-electron chi connectivity index (χ3n) is 6.29. The number of carbonyl (C=O) groups is 2. The number of aliphatic carboxylic acids is 2. The van der Waals surface area contributed by atoms with E-state index in [0.29, 0.717) is 12.8 Å². The van der Waals surface area contributed by atoms with Crippen LogP contribution in [0.3, 0.4) is 0 Å². The van der Waals surface area contributed by atoms with Crippen LogP contribution in [0.2, 0.25) is 0 Å². The molecule has 34 heavy (non-hydrogen) atoms. The fourth-order valence-corrected chi connectivity index (χ4v) is 4.18. The quantitative estimate of drug-likeness (QED) is 0.110. The van der Waals surface area contributed by atoms with Crippen molar-refractivity contribution >= 4 is 11.9 Å². The second-order valence-corrected chi connectivity index (χ2v) is 9.42. The van der Waals surface area contributed by atoms with Crippen LogP contribution in [-0.4, -0.2) is 11.9 Å². The predicted octanol–water partition coefficient (Wildman–Crippen LogP) is 0.269. The van der Waals surface area contributed by atoms with Gasteiger partial charge in [-0.15, -0.1) is 0 Å². The molecule has 0 aromatic rings. The molecule has 0 amide bonds. The molecule has 4 nitrogen and oxygen atoms in total. The van der Waals surface area contributed by atoms with E-state index >= 15 is 0 Å². The monoisotopic (exact) mass is 464 g/mol. The maximum absolute atomic E-state index is 11.1. The maximum Gasteiger partial charge on any atom is 1.00 e. The van der Waals surface area contributed by atoms with Gasteiger partial charge in [-0.1, -0.05) is 128 Å². The molecule has 1 atom stereocenters. The van der Waals surface area contributed by atoms with Crippen LogP contribution in [0.4, 0.5) is 0 Å². The first-order valence-corrected chi connectivity index (χ1v) is 13.6. The van der Waals surface area contributed by atoms with E-state index in [1.54, 1.807) is 6.08 Å². The Bertz CT molecular complexity index is 469. The Labute approximate surface area is 234 Å². The van der Waals surface area contributed by atoms with E-state index < -0.39 is 17.9 Å². The van der Waals surface area contributed by atoms with Crippen molar-refractivity contribution in [1.82, 2.24) is 0 Å². The number of hydrogen-bond donors (Lipinski definition) is 0. The minimum Gasteiger partial charge on any atom is -0.550 e. The molecule has 0 aliphatic carbocycles. The van der Waals surface area contributed by atoms with Crippen LogP contribution in [0.1, 0.15) is 148 Å². The molecule has 0 aromatic carbocycles. The summed E-state index contributed by atoms with van der Waals surface area (Å²) < 4.78 is 0. The molecule has 0 saturated heterocycles. The molecule has 188 valence electrons. The molecule has 0 aromatic heterocycles. The van der Waals surface area contributed by atoms with E-state index in [1.165, 1.54) is 109 Å². The fraction of sp³-hybridized carbons (Fsp3) is 0.857. The molecule has 0 radical (unpaired) electrons. The van der Waals surface area contributed by atoms with Crippen LogP contribution in [0, 0.1) is 5.92 Å². The summed E-state index contributed by atoms with van der Waals surface area (Å²) in [5, 5.41) is 21.5. The van der Waals surface area contributed by atoms with Gasteiger partial charge in [-0.25, -0.2) is 0 Å². The Hall–Kier alpha value is -0.125. The summed E-state index contributed by atoms with van der Waals surface area (Å²) >= 11 is 0. The van der Waals surface area contributed by atoms with Crippen molar-refractivity contribution in [3.8, 4) is 0 Å². The Morgan fingerprint density at radius 2 is 1.00 bits per heavy atom. The first-order valence-electron chi connectivity index (χ1n) is 13.6. The predicted molar refractivity (Wildman–Crippen MR) is 130 cm³/mol. The fourth-order valence-electron chi connectivity index (χ4n) is 4.18. The Morgan fingerprint density at radius 3 is 1.35 bits per heavy atom. The zero-order valence-electron chi connectivity index (χ0n) is 22.9. The van der Waals surface area contributed by atoms with Gasteiger partial charge in [0.15, 0.2) is 0 Å². The molecule has 0 fully saturated rings. The van der Waals surface area contributed by atoms with Gasteiger partial charge < -0.3 is 19.8 Å². The SMILES string of the molecule is CCCCCCCCCCCCCCCCCCCC/C=C/C(CCCC(=O)[O-])C(=O)[O-].[Li+].[Li+]. The zero-order chi connectivity index (χ0) is 23.7. The average molecular weight is 465 g/mol.